The molecule has 0 radical (unpaired) electrons. The van der Waals surface area contributed by atoms with E-state index in [0.717, 1.165) is 11.1 Å². The summed E-state index contributed by atoms with van der Waals surface area (Å²) in [6.07, 6.45) is -0.573. The Morgan fingerprint density at radius 3 is 2.00 bits per heavy atom. The summed E-state index contributed by atoms with van der Waals surface area (Å²) in [5.41, 5.74) is 2.26. The molecule has 0 heterocycles. The van der Waals surface area contributed by atoms with Crippen LogP contribution in [-0.2, 0) is 20.8 Å². The molecule has 6 heteroatoms. The average molecular weight is 394 g/mol. The summed E-state index contributed by atoms with van der Waals surface area (Å²) in [5.74, 6) is -3.74. The number of aliphatic carboxylic acids is 2. The van der Waals surface area contributed by atoms with E-state index in [-0.39, 0.29) is 5.56 Å². The first kappa shape index (κ1) is 19.7. The van der Waals surface area contributed by atoms with Crippen LogP contribution in [0.3, 0.4) is 0 Å². The van der Waals surface area contributed by atoms with Gasteiger partial charge in [-0.15, -0.1) is 0 Å². The van der Waals surface area contributed by atoms with Crippen molar-refractivity contribution < 1.29 is 24.4 Å². The number of hydrogen-bond acceptors (Lipinski definition) is 3. The van der Waals surface area contributed by atoms with Crippen molar-refractivity contribution in [3.8, 4) is 11.1 Å². The van der Waals surface area contributed by atoms with Gasteiger partial charge < -0.3 is 14.8 Å². The summed E-state index contributed by atoms with van der Waals surface area (Å²) in [6.45, 7) is 0. The Bertz CT molecular complexity index is 970. The predicted molar refractivity (Wildman–Crippen MR) is 106 cm³/mol. The van der Waals surface area contributed by atoms with Crippen LogP contribution in [0, 0.1) is 0 Å². The van der Waals surface area contributed by atoms with Crippen molar-refractivity contribution in [2.75, 3.05) is 0 Å². The maximum atomic E-state index is 13.1. The SMILES string of the molecule is O=C(O)CC(C(=O)O)c1ccccc1[S+]([O-])c1ccc(-c2ccccc2)cc1. The van der Waals surface area contributed by atoms with Crippen molar-refractivity contribution in [1.29, 1.82) is 0 Å². The van der Waals surface area contributed by atoms with Gasteiger partial charge in [-0.1, -0.05) is 48.5 Å². The molecular weight excluding hydrogens is 376 g/mol. The van der Waals surface area contributed by atoms with Crippen LogP contribution in [-0.4, -0.2) is 26.7 Å². The first-order chi connectivity index (χ1) is 13.5. The Morgan fingerprint density at radius 1 is 0.821 bits per heavy atom. The first-order valence-electron chi connectivity index (χ1n) is 8.58. The fraction of sp³-hybridized carbons (Fsp3) is 0.0909. The smallest absolute Gasteiger partial charge is 0.311 e. The van der Waals surface area contributed by atoms with Gasteiger partial charge in [0.25, 0.3) is 0 Å². The van der Waals surface area contributed by atoms with Crippen LogP contribution in [0.4, 0.5) is 0 Å². The molecule has 0 fully saturated rings. The lowest BCUT2D eigenvalue weighted by Crippen LogP contribution is -2.19. The van der Waals surface area contributed by atoms with Crippen molar-refractivity contribution in [3.05, 3.63) is 84.4 Å². The van der Waals surface area contributed by atoms with Crippen molar-refractivity contribution in [1.82, 2.24) is 0 Å². The van der Waals surface area contributed by atoms with Crippen molar-refractivity contribution in [2.45, 2.75) is 22.1 Å². The molecule has 0 amide bonds. The number of rotatable bonds is 7. The normalized spacial score (nSPS) is 12.9. The average Bonchev–Trinajstić information content (AvgIpc) is 2.72. The Hall–Kier alpha value is -3.09. The number of hydrogen-bond donors (Lipinski definition) is 2. The maximum Gasteiger partial charge on any atom is 0.311 e. The monoisotopic (exact) mass is 394 g/mol. The number of carbonyl (C=O) groups is 2. The highest BCUT2D eigenvalue weighted by Crippen LogP contribution is 2.32. The third-order valence-electron chi connectivity index (χ3n) is 4.35. The molecule has 0 aliphatic heterocycles. The minimum atomic E-state index is -1.63. The fourth-order valence-electron chi connectivity index (χ4n) is 2.97. The lowest BCUT2D eigenvalue weighted by atomic mass is 9.96. The van der Waals surface area contributed by atoms with Gasteiger partial charge >= 0.3 is 11.9 Å². The van der Waals surface area contributed by atoms with E-state index in [2.05, 4.69) is 0 Å². The lowest BCUT2D eigenvalue weighted by molar-refractivity contribution is -0.145. The molecule has 5 nitrogen and oxygen atoms in total. The molecular formula is C22H18O5S. The van der Waals surface area contributed by atoms with Crippen molar-refractivity contribution >= 4 is 23.1 Å². The summed E-state index contributed by atoms with van der Waals surface area (Å²) in [4.78, 5) is 23.5. The van der Waals surface area contributed by atoms with E-state index in [0.29, 0.717) is 9.79 Å². The van der Waals surface area contributed by atoms with Crippen LogP contribution in [0.2, 0.25) is 0 Å². The molecule has 2 unspecified atom stereocenters. The molecule has 0 bridgehead atoms. The minimum absolute atomic E-state index is 0.253. The van der Waals surface area contributed by atoms with Crippen LogP contribution in [0.25, 0.3) is 11.1 Å². The highest BCUT2D eigenvalue weighted by molar-refractivity contribution is 7.91. The van der Waals surface area contributed by atoms with Gasteiger partial charge in [0, 0.05) is 16.7 Å². The minimum Gasteiger partial charge on any atom is -0.606 e. The largest absolute Gasteiger partial charge is 0.606 e. The molecule has 0 spiro atoms. The van der Waals surface area contributed by atoms with E-state index in [4.69, 9.17) is 5.11 Å². The van der Waals surface area contributed by atoms with Gasteiger partial charge in [0.05, 0.1) is 12.3 Å². The molecule has 0 saturated heterocycles. The van der Waals surface area contributed by atoms with Gasteiger partial charge in [0.2, 0.25) is 0 Å². The molecule has 0 aliphatic carbocycles. The molecule has 2 N–H and O–H groups in total. The second-order valence-corrected chi connectivity index (χ2v) is 7.63. The summed E-state index contributed by atoms with van der Waals surface area (Å²) < 4.78 is 13.1. The molecule has 0 saturated carbocycles. The highest BCUT2D eigenvalue weighted by Gasteiger charge is 2.30. The standard InChI is InChI=1S/C22H18O5S/c23-21(24)14-19(22(25)26)18-8-4-5-9-20(18)28(27)17-12-10-16(11-13-17)15-6-2-1-3-7-15/h1-13,19H,14H2,(H,23,24)(H,25,26). The first-order valence-corrected chi connectivity index (χ1v) is 9.73. The zero-order valence-corrected chi connectivity index (χ0v) is 15.6. The van der Waals surface area contributed by atoms with E-state index >= 15 is 0 Å². The van der Waals surface area contributed by atoms with Crippen LogP contribution >= 0.6 is 0 Å². The number of benzene rings is 3. The third kappa shape index (κ3) is 4.42. The van der Waals surface area contributed by atoms with Crippen molar-refractivity contribution in [2.24, 2.45) is 0 Å². The third-order valence-corrected chi connectivity index (χ3v) is 5.82. The molecule has 142 valence electrons. The van der Waals surface area contributed by atoms with Gasteiger partial charge in [-0.05, 0) is 41.5 Å². The van der Waals surface area contributed by atoms with E-state index in [1.807, 2.05) is 42.5 Å². The molecule has 3 aromatic rings. The summed E-state index contributed by atoms with van der Waals surface area (Å²) in [7, 11) is 0. The summed E-state index contributed by atoms with van der Waals surface area (Å²) >= 11 is -1.63. The zero-order chi connectivity index (χ0) is 20.1. The van der Waals surface area contributed by atoms with E-state index in [1.54, 1.807) is 30.3 Å². The highest BCUT2D eigenvalue weighted by atomic mass is 32.2. The van der Waals surface area contributed by atoms with E-state index in [1.165, 1.54) is 6.07 Å². The van der Waals surface area contributed by atoms with Crippen molar-refractivity contribution in [3.63, 3.8) is 0 Å². The zero-order valence-electron chi connectivity index (χ0n) is 14.8. The summed E-state index contributed by atoms with van der Waals surface area (Å²) in [5, 5.41) is 18.5. The lowest BCUT2D eigenvalue weighted by Gasteiger charge is -2.17. The number of carboxylic acid groups (broad SMARTS) is 2. The van der Waals surface area contributed by atoms with Gasteiger partial charge in [-0.2, -0.15) is 0 Å². The van der Waals surface area contributed by atoms with E-state index < -0.39 is 35.5 Å². The van der Waals surface area contributed by atoms with Gasteiger partial charge in [0.15, 0.2) is 9.79 Å². The quantitative estimate of drug-likeness (QED) is 0.586. The topological polar surface area (TPSA) is 97.7 Å². The number of carboxylic acids is 2. The molecule has 3 aromatic carbocycles. The molecule has 0 aromatic heterocycles. The maximum absolute atomic E-state index is 13.1. The molecule has 28 heavy (non-hydrogen) atoms. The van der Waals surface area contributed by atoms with Crippen LogP contribution in [0.1, 0.15) is 17.9 Å². The second kappa shape index (κ2) is 8.73. The Morgan fingerprint density at radius 2 is 1.39 bits per heavy atom. The Balaban J connectivity index is 1.93. The fourth-order valence-corrected chi connectivity index (χ4v) is 4.23. The molecule has 0 aliphatic rings. The Labute approximate surface area is 165 Å². The predicted octanol–water partition coefficient (Wildman–Crippen LogP) is 4.16. The van der Waals surface area contributed by atoms with Crippen LogP contribution in [0.5, 0.6) is 0 Å². The van der Waals surface area contributed by atoms with E-state index in [9.17, 15) is 19.2 Å². The van der Waals surface area contributed by atoms with Gasteiger partial charge in [-0.25, -0.2) is 0 Å². The molecule has 2 atom stereocenters. The van der Waals surface area contributed by atoms with Gasteiger partial charge in [0.1, 0.15) is 0 Å². The van der Waals surface area contributed by atoms with Crippen LogP contribution < -0.4 is 0 Å². The van der Waals surface area contributed by atoms with Crippen LogP contribution in [0.15, 0.2) is 88.7 Å². The Kier molecular flexibility index (Phi) is 6.13. The molecule has 3 rings (SSSR count). The second-order valence-electron chi connectivity index (χ2n) is 6.19. The summed E-state index contributed by atoms with van der Waals surface area (Å²) in [6, 6.07) is 23.3. The van der Waals surface area contributed by atoms with Gasteiger partial charge in [-0.3, -0.25) is 9.59 Å².